The van der Waals surface area contributed by atoms with E-state index in [0.717, 1.165) is 28.9 Å². The van der Waals surface area contributed by atoms with Crippen molar-refractivity contribution in [2.24, 2.45) is 5.92 Å². The molecule has 1 unspecified atom stereocenters. The Labute approximate surface area is 189 Å². The lowest BCUT2D eigenvalue weighted by Gasteiger charge is -2.27. The average Bonchev–Trinajstić information content (AvgIpc) is 2.85. The Kier molecular flexibility index (Phi) is 7.21. The maximum absolute atomic E-state index is 13.2. The number of benzene rings is 3. The molecular formula is C28H29FO3. The third-order valence-electron chi connectivity index (χ3n) is 6.29. The Morgan fingerprint density at radius 1 is 0.875 bits per heavy atom. The Hall–Kier alpha value is -3.14. The van der Waals surface area contributed by atoms with Crippen LogP contribution in [0.1, 0.15) is 60.6 Å². The highest BCUT2D eigenvalue weighted by molar-refractivity contribution is 5.89. The zero-order chi connectivity index (χ0) is 22.3. The summed E-state index contributed by atoms with van der Waals surface area (Å²) >= 11 is 0. The van der Waals surface area contributed by atoms with Gasteiger partial charge in [-0.2, -0.15) is 0 Å². The molecule has 0 spiro atoms. The van der Waals surface area contributed by atoms with Crippen molar-refractivity contribution in [1.29, 1.82) is 0 Å². The molecule has 0 heterocycles. The van der Waals surface area contributed by atoms with Crippen LogP contribution in [0.5, 0.6) is 5.75 Å². The molecule has 0 aliphatic heterocycles. The monoisotopic (exact) mass is 432 g/mol. The Bertz CT molecular complexity index is 1000. The molecule has 1 aliphatic carbocycles. The highest BCUT2D eigenvalue weighted by Gasteiger charge is 2.22. The van der Waals surface area contributed by atoms with Crippen molar-refractivity contribution in [2.45, 2.75) is 44.6 Å². The molecule has 1 atom stereocenters. The van der Waals surface area contributed by atoms with Crippen LogP contribution < -0.4 is 4.74 Å². The number of hydrogen-bond acceptors (Lipinski definition) is 3. The summed E-state index contributed by atoms with van der Waals surface area (Å²) in [6.45, 7) is 0. The van der Waals surface area contributed by atoms with Crippen molar-refractivity contribution in [3.8, 4) is 16.9 Å². The molecule has 1 saturated carbocycles. The van der Waals surface area contributed by atoms with Gasteiger partial charge in [0.2, 0.25) is 0 Å². The third-order valence-corrected chi connectivity index (χ3v) is 6.29. The zero-order valence-corrected chi connectivity index (χ0v) is 18.4. The van der Waals surface area contributed by atoms with Crippen LogP contribution >= 0.6 is 0 Å². The van der Waals surface area contributed by atoms with Gasteiger partial charge in [-0.15, -0.1) is 0 Å². The molecule has 4 rings (SSSR count). The Morgan fingerprint density at radius 3 is 2.06 bits per heavy atom. The predicted molar refractivity (Wildman–Crippen MR) is 124 cm³/mol. The summed E-state index contributed by atoms with van der Waals surface area (Å²) in [5.74, 6) is 0.803. The molecule has 0 amide bonds. The van der Waals surface area contributed by atoms with Gasteiger partial charge in [0.25, 0.3) is 0 Å². The maximum Gasteiger partial charge on any atom is 0.337 e. The first-order chi connectivity index (χ1) is 15.6. The lowest BCUT2D eigenvalue weighted by Crippen LogP contribution is -2.16. The van der Waals surface area contributed by atoms with E-state index in [9.17, 15) is 9.18 Å². The van der Waals surface area contributed by atoms with Gasteiger partial charge in [0.05, 0.1) is 12.7 Å². The fraction of sp³-hybridized carbons (Fsp3) is 0.321. The smallest absolute Gasteiger partial charge is 0.337 e. The van der Waals surface area contributed by atoms with Crippen LogP contribution in [0.15, 0.2) is 72.8 Å². The molecule has 4 heteroatoms. The number of hydrogen-bond donors (Lipinski definition) is 0. The Morgan fingerprint density at radius 2 is 1.47 bits per heavy atom. The molecule has 3 nitrogen and oxygen atoms in total. The highest BCUT2D eigenvalue weighted by Crippen LogP contribution is 2.35. The topological polar surface area (TPSA) is 35.5 Å². The van der Waals surface area contributed by atoms with Crippen molar-refractivity contribution in [3.63, 3.8) is 0 Å². The van der Waals surface area contributed by atoms with Crippen LogP contribution in [0, 0.1) is 11.7 Å². The van der Waals surface area contributed by atoms with Crippen LogP contribution in [0.25, 0.3) is 11.1 Å². The van der Waals surface area contributed by atoms with E-state index >= 15 is 0 Å². The van der Waals surface area contributed by atoms with E-state index in [2.05, 4.69) is 24.3 Å². The lowest BCUT2D eigenvalue weighted by molar-refractivity contribution is 0.0600. The summed E-state index contributed by atoms with van der Waals surface area (Å²) in [5.41, 5.74) is 3.67. The first-order valence-corrected chi connectivity index (χ1v) is 11.3. The molecule has 0 aromatic heterocycles. The maximum atomic E-state index is 13.2. The summed E-state index contributed by atoms with van der Waals surface area (Å²) in [6, 6.07) is 22.0. The molecule has 0 saturated heterocycles. The fourth-order valence-electron chi connectivity index (χ4n) is 4.46. The first-order valence-electron chi connectivity index (χ1n) is 11.3. The normalized spacial score (nSPS) is 15.2. The van der Waals surface area contributed by atoms with Gasteiger partial charge >= 0.3 is 5.97 Å². The van der Waals surface area contributed by atoms with Gasteiger partial charge in [-0.25, -0.2) is 9.18 Å². The van der Waals surface area contributed by atoms with E-state index in [0.29, 0.717) is 11.5 Å². The minimum atomic E-state index is -0.355. The largest absolute Gasteiger partial charge is 0.486 e. The highest BCUT2D eigenvalue weighted by atomic mass is 19.1. The number of ether oxygens (including phenoxy) is 2. The van der Waals surface area contributed by atoms with Gasteiger partial charge in [0.15, 0.2) is 0 Å². The van der Waals surface area contributed by atoms with E-state index < -0.39 is 0 Å². The molecule has 32 heavy (non-hydrogen) atoms. The number of carbonyl (C=O) groups excluding carboxylic acids is 1. The second kappa shape index (κ2) is 10.4. The zero-order valence-electron chi connectivity index (χ0n) is 18.4. The van der Waals surface area contributed by atoms with E-state index in [1.54, 1.807) is 24.3 Å². The van der Waals surface area contributed by atoms with E-state index in [1.807, 2.05) is 12.1 Å². The molecule has 0 N–H and O–H groups in total. The van der Waals surface area contributed by atoms with Crippen molar-refractivity contribution < 1.29 is 18.7 Å². The van der Waals surface area contributed by atoms with E-state index in [4.69, 9.17) is 9.47 Å². The van der Waals surface area contributed by atoms with Gasteiger partial charge in [-0.05, 0) is 65.4 Å². The predicted octanol–water partition coefficient (Wildman–Crippen LogP) is 7.37. The van der Waals surface area contributed by atoms with Gasteiger partial charge < -0.3 is 9.47 Å². The molecule has 0 bridgehead atoms. The molecule has 0 radical (unpaired) electrons. The number of esters is 1. The summed E-state index contributed by atoms with van der Waals surface area (Å²) in [5, 5.41) is 0. The van der Waals surface area contributed by atoms with Gasteiger partial charge in [0.1, 0.15) is 17.7 Å². The number of halogens is 1. The lowest BCUT2D eigenvalue weighted by atomic mass is 9.84. The summed E-state index contributed by atoms with van der Waals surface area (Å²) in [6.07, 6.45) is 7.29. The van der Waals surface area contributed by atoms with Crippen LogP contribution in [-0.2, 0) is 4.74 Å². The SMILES string of the molecule is COC(=O)c1ccc(OC(CC2CCCCC2)c2ccc(-c3ccc(F)cc3)cc2)cc1. The van der Waals surface area contributed by atoms with Crippen molar-refractivity contribution in [2.75, 3.05) is 7.11 Å². The first kappa shape index (κ1) is 22.1. The molecule has 3 aromatic carbocycles. The van der Waals surface area contributed by atoms with Gasteiger partial charge in [0, 0.05) is 0 Å². The molecule has 1 fully saturated rings. The second-order valence-electron chi connectivity index (χ2n) is 8.49. The minimum absolute atomic E-state index is 0.0654. The molecular weight excluding hydrogens is 403 g/mol. The molecule has 1 aliphatic rings. The van der Waals surface area contributed by atoms with Gasteiger partial charge in [-0.1, -0.05) is 68.5 Å². The van der Waals surface area contributed by atoms with Crippen LogP contribution in [0.2, 0.25) is 0 Å². The van der Waals surface area contributed by atoms with E-state index in [-0.39, 0.29) is 17.9 Å². The standard InChI is InChI=1S/C28H29FO3/c1-31-28(30)24-13-17-26(18-14-24)32-27(19-20-5-3-2-4-6-20)23-9-7-21(8-10-23)22-11-15-25(29)16-12-22/h7-18,20,27H,2-6,19H2,1H3. The van der Waals surface area contributed by atoms with Crippen molar-refractivity contribution in [1.82, 2.24) is 0 Å². The third kappa shape index (κ3) is 5.56. The number of rotatable bonds is 7. The van der Waals surface area contributed by atoms with Crippen LogP contribution in [-0.4, -0.2) is 13.1 Å². The summed E-state index contributed by atoms with van der Waals surface area (Å²) in [7, 11) is 1.38. The van der Waals surface area contributed by atoms with Gasteiger partial charge in [-0.3, -0.25) is 0 Å². The van der Waals surface area contributed by atoms with Crippen molar-refractivity contribution >= 4 is 5.97 Å². The quantitative estimate of drug-likeness (QED) is 0.366. The van der Waals surface area contributed by atoms with E-state index in [1.165, 1.54) is 51.3 Å². The van der Waals surface area contributed by atoms with Crippen LogP contribution in [0.3, 0.4) is 0 Å². The summed E-state index contributed by atoms with van der Waals surface area (Å²) in [4.78, 5) is 11.7. The minimum Gasteiger partial charge on any atom is -0.486 e. The fourth-order valence-corrected chi connectivity index (χ4v) is 4.46. The molecule has 166 valence electrons. The Balaban J connectivity index is 1.54. The average molecular weight is 433 g/mol. The second-order valence-corrected chi connectivity index (χ2v) is 8.49. The number of methoxy groups -OCH3 is 1. The van der Waals surface area contributed by atoms with Crippen molar-refractivity contribution in [3.05, 3.63) is 89.7 Å². The number of carbonyl (C=O) groups is 1. The van der Waals surface area contributed by atoms with Crippen LogP contribution in [0.4, 0.5) is 4.39 Å². The molecule has 3 aromatic rings. The summed E-state index contributed by atoms with van der Waals surface area (Å²) < 4.78 is 24.5.